The zero-order valence-corrected chi connectivity index (χ0v) is 18.1. The standard InChI is InChI=1S/C25H14F4N4O3/c26-19-8-1-2-9-20(19)36-23-18(24(35)33-11-4-3-10-21(33)32-23)12-15(14-30)22(34)31-17-7-5-6-16(13-17)25(27,28)29/h1-13H,(H,31,34)/b15-12-. The topological polar surface area (TPSA) is 96.5 Å². The predicted octanol–water partition coefficient (Wildman–Crippen LogP) is 5.19. The Balaban J connectivity index is 1.78. The molecule has 0 unspecified atom stereocenters. The third-order valence-corrected chi connectivity index (χ3v) is 4.88. The summed E-state index contributed by atoms with van der Waals surface area (Å²) in [7, 11) is 0. The predicted molar refractivity (Wildman–Crippen MR) is 122 cm³/mol. The number of benzene rings is 2. The fourth-order valence-corrected chi connectivity index (χ4v) is 3.18. The number of nitriles is 1. The summed E-state index contributed by atoms with van der Waals surface area (Å²) in [5.74, 6) is -2.46. The summed E-state index contributed by atoms with van der Waals surface area (Å²) in [4.78, 5) is 30.0. The van der Waals surface area contributed by atoms with Gasteiger partial charge in [0.05, 0.1) is 5.56 Å². The summed E-state index contributed by atoms with van der Waals surface area (Å²) < 4.78 is 59.8. The fourth-order valence-electron chi connectivity index (χ4n) is 3.18. The van der Waals surface area contributed by atoms with E-state index < -0.39 is 34.6 Å². The average molecular weight is 494 g/mol. The lowest BCUT2D eigenvalue weighted by Crippen LogP contribution is -2.20. The molecule has 36 heavy (non-hydrogen) atoms. The molecular weight excluding hydrogens is 480 g/mol. The first-order chi connectivity index (χ1) is 17.2. The van der Waals surface area contributed by atoms with Crippen molar-refractivity contribution >= 4 is 23.3 Å². The number of alkyl halides is 3. The average Bonchev–Trinajstić information content (AvgIpc) is 2.85. The number of halogens is 4. The molecule has 2 aromatic heterocycles. The fraction of sp³-hybridized carbons (Fsp3) is 0.0400. The van der Waals surface area contributed by atoms with Crippen LogP contribution in [0.15, 0.2) is 83.3 Å². The van der Waals surface area contributed by atoms with Gasteiger partial charge in [0.2, 0.25) is 5.88 Å². The number of hydrogen-bond acceptors (Lipinski definition) is 5. The van der Waals surface area contributed by atoms with E-state index in [1.165, 1.54) is 36.5 Å². The van der Waals surface area contributed by atoms with E-state index >= 15 is 0 Å². The van der Waals surface area contributed by atoms with Crippen LogP contribution in [0.1, 0.15) is 11.1 Å². The maximum Gasteiger partial charge on any atom is 0.416 e. The van der Waals surface area contributed by atoms with Gasteiger partial charge in [0.1, 0.15) is 22.9 Å². The molecule has 4 aromatic rings. The van der Waals surface area contributed by atoms with Gasteiger partial charge in [0, 0.05) is 11.9 Å². The molecule has 180 valence electrons. The Morgan fingerprint density at radius 3 is 2.56 bits per heavy atom. The first-order valence-electron chi connectivity index (χ1n) is 10.2. The quantitative estimate of drug-likeness (QED) is 0.234. The molecule has 0 bridgehead atoms. The van der Waals surface area contributed by atoms with Gasteiger partial charge in [0.15, 0.2) is 11.6 Å². The highest BCUT2D eigenvalue weighted by Crippen LogP contribution is 2.31. The SMILES string of the molecule is N#C/C(=C/c1c(Oc2ccccc2F)nc2ccccn2c1=O)C(=O)Nc1cccc(C(F)(F)F)c1. The van der Waals surface area contributed by atoms with E-state index in [9.17, 15) is 32.4 Å². The van der Waals surface area contributed by atoms with Crippen molar-refractivity contribution in [2.45, 2.75) is 6.18 Å². The molecule has 0 spiro atoms. The summed E-state index contributed by atoms with van der Waals surface area (Å²) in [6.07, 6.45) is -2.36. The first-order valence-corrected chi connectivity index (χ1v) is 10.2. The molecule has 0 saturated heterocycles. The van der Waals surface area contributed by atoms with Crippen molar-refractivity contribution in [1.82, 2.24) is 9.38 Å². The Morgan fingerprint density at radius 1 is 1.08 bits per heavy atom. The van der Waals surface area contributed by atoms with Crippen LogP contribution in [0.2, 0.25) is 0 Å². The van der Waals surface area contributed by atoms with E-state index in [2.05, 4.69) is 10.3 Å². The number of aromatic nitrogens is 2. The van der Waals surface area contributed by atoms with Crippen molar-refractivity contribution in [3.63, 3.8) is 0 Å². The van der Waals surface area contributed by atoms with Crippen LogP contribution in [0.4, 0.5) is 23.2 Å². The molecule has 11 heteroatoms. The van der Waals surface area contributed by atoms with E-state index in [-0.39, 0.29) is 28.5 Å². The maximum absolute atomic E-state index is 14.2. The summed E-state index contributed by atoms with van der Waals surface area (Å²) in [6.45, 7) is 0. The van der Waals surface area contributed by atoms with Crippen LogP contribution in [-0.4, -0.2) is 15.3 Å². The number of fused-ring (bicyclic) bond motifs is 1. The van der Waals surface area contributed by atoms with E-state index in [4.69, 9.17) is 4.74 Å². The Labute approximate surface area is 200 Å². The van der Waals surface area contributed by atoms with E-state index in [1.807, 2.05) is 0 Å². The molecule has 0 aliphatic heterocycles. The third kappa shape index (κ3) is 5.07. The Hall–Kier alpha value is -4.98. The smallest absolute Gasteiger partial charge is 0.416 e. The van der Waals surface area contributed by atoms with Crippen molar-refractivity contribution in [1.29, 1.82) is 5.26 Å². The van der Waals surface area contributed by atoms with Crippen molar-refractivity contribution in [3.05, 3.63) is 106 Å². The Kier molecular flexibility index (Phi) is 6.52. The number of nitrogens with zero attached hydrogens (tertiary/aromatic N) is 3. The molecule has 0 fully saturated rings. The van der Waals surface area contributed by atoms with Gasteiger partial charge in [-0.1, -0.05) is 24.3 Å². The molecule has 2 heterocycles. The number of para-hydroxylation sites is 1. The minimum atomic E-state index is -4.64. The van der Waals surface area contributed by atoms with Crippen LogP contribution in [0, 0.1) is 17.1 Å². The van der Waals surface area contributed by atoms with Gasteiger partial charge >= 0.3 is 6.18 Å². The second-order valence-electron chi connectivity index (χ2n) is 7.30. The molecule has 0 atom stereocenters. The molecule has 4 rings (SSSR count). The van der Waals surface area contributed by atoms with Crippen molar-refractivity contribution in [3.8, 4) is 17.7 Å². The molecule has 0 aliphatic rings. The molecular formula is C25H14F4N4O3. The Morgan fingerprint density at radius 2 is 1.83 bits per heavy atom. The second kappa shape index (κ2) is 9.71. The van der Waals surface area contributed by atoms with E-state index in [0.717, 1.165) is 28.7 Å². The molecule has 1 N–H and O–H groups in total. The van der Waals surface area contributed by atoms with Crippen LogP contribution >= 0.6 is 0 Å². The van der Waals surface area contributed by atoms with Gasteiger partial charge in [0.25, 0.3) is 11.5 Å². The summed E-state index contributed by atoms with van der Waals surface area (Å²) >= 11 is 0. The molecule has 7 nitrogen and oxygen atoms in total. The molecule has 0 radical (unpaired) electrons. The summed E-state index contributed by atoms with van der Waals surface area (Å²) in [5.41, 5.74) is -2.77. The van der Waals surface area contributed by atoms with Gasteiger partial charge < -0.3 is 10.1 Å². The van der Waals surface area contributed by atoms with E-state index in [0.29, 0.717) is 6.07 Å². The van der Waals surface area contributed by atoms with Gasteiger partial charge in [-0.15, -0.1) is 0 Å². The normalized spacial score (nSPS) is 11.7. The number of hydrogen-bond donors (Lipinski definition) is 1. The zero-order chi connectivity index (χ0) is 25.9. The Bertz CT molecular complexity index is 1600. The van der Waals surface area contributed by atoms with Crippen LogP contribution in [0.3, 0.4) is 0 Å². The highest BCUT2D eigenvalue weighted by Gasteiger charge is 2.30. The van der Waals surface area contributed by atoms with Crippen LogP contribution in [0.25, 0.3) is 11.7 Å². The van der Waals surface area contributed by atoms with Crippen LogP contribution in [-0.2, 0) is 11.0 Å². The number of amides is 1. The zero-order valence-electron chi connectivity index (χ0n) is 18.1. The van der Waals surface area contributed by atoms with Gasteiger partial charge in [-0.05, 0) is 48.5 Å². The number of pyridine rings is 1. The lowest BCUT2D eigenvalue weighted by molar-refractivity contribution is -0.137. The number of nitrogens with one attached hydrogen (secondary N) is 1. The van der Waals surface area contributed by atoms with Gasteiger partial charge in [-0.3, -0.25) is 14.0 Å². The van der Waals surface area contributed by atoms with Crippen LogP contribution < -0.4 is 15.6 Å². The minimum absolute atomic E-state index is 0.151. The number of carbonyl (C=O) groups excluding carboxylic acids is 1. The lowest BCUT2D eigenvalue weighted by Gasteiger charge is -2.11. The second-order valence-corrected chi connectivity index (χ2v) is 7.30. The minimum Gasteiger partial charge on any atom is -0.435 e. The molecule has 1 amide bonds. The monoisotopic (exact) mass is 494 g/mol. The third-order valence-electron chi connectivity index (χ3n) is 4.88. The number of ether oxygens (including phenoxy) is 1. The number of carbonyl (C=O) groups is 1. The van der Waals surface area contributed by atoms with Crippen molar-refractivity contribution < 1.29 is 27.1 Å². The van der Waals surface area contributed by atoms with E-state index in [1.54, 1.807) is 18.2 Å². The highest BCUT2D eigenvalue weighted by molar-refractivity contribution is 6.09. The first kappa shape index (κ1) is 24.2. The van der Waals surface area contributed by atoms with Gasteiger partial charge in [-0.25, -0.2) is 4.39 Å². The largest absolute Gasteiger partial charge is 0.435 e. The van der Waals surface area contributed by atoms with Crippen molar-refractivity contribution in [2.75, 3.05) is 5.32 Å². The number of anilines is 1. The molecule has 0 aliphatic carbocycles. The number of rotatable bonds is 5. The summed E-state index contributed by atoms with van der Waals surface area (Å²) in [6, 6.07) is 15.4. The maximum atomic E-state index is 14.2. The molecule has 2 aromatic carbocycles. The lowest BCUT2D eigenvalue weighted by atomic mass is 10.1. The van der Waals surface area contributed by atoms with Crippen LogP contribution in [0.5, 0.6) is 11.6 Å². The highest BCUT2D eigenvalue weighted by atomic mass is 19.4. The van der Waals surface area contributed by atoms with Gasteiger partial charge in [-0.2, -0.15) is 23.4 Å². The van der Waals surface area contributed by atoms with Crippen molar-refractivity contribution in [2.24, 2.45) is 0 Å². The summed E-state index contributed by atoms with van der Waals surface area (Å²) in [5, 5.41) is 11.8. The molecule has 0 saturated carbocycles.